The van der Waals surface area contributed by atoms with E-state index < -0.39 is 28.5 Å². The zero-order chi connectivity index (χ0) is 23.5. The third-order valence-electron chi connectivity index (χ3n) is 4.73. The second-order valence-electron chi connectivity index (χ2n) is 6.98. The van der Waals surface area contributed by atoms with Gasteiger partial charge in [-0.25, -0.2) is 13.2 Å². The second-order valence-corrected chi connectivity index (χ2v) is 10.5. The van der Waals surface area contributed by atoms with Gasteiger partial charge in [0.25, 0.3) is 5.91 Å². The molecule has 0 radical (unpaired) electrons. The fourth-order valence-corrected chi connectivity index (χ4v) is 5.42. The first kappa shape index (κ1) is 25.1. The van der Waals surface area contributed by atoms with Crippen LogP contribution in [0.3, 0.4) is 0 Å². The predicted octanol–water partition coefficient (Wildman–Crippen LogP) is 5.27. The fourth-order valence-electron chi connectivity index (χ4n) is 3.09. The van der Waals surface area contributed by atoms with Crippen LogP contribution in [0.25, 0.3) is 0 Å². The molecule has 2 aromatic rings. The van der Waals surface area contributed by atoms with Crippen molar-refractivity contribution in [2.45, 2.75) is 24.2 Å². The number of carbonyl (C=O) groups excluding carboxylic acids is 2. The molecule has 0 saturated carbocycles. The maximum atomic E-state index is 12.9. The molecule has 0 aromatic heterocycles. The quantitative estimate of drug-likeness (QED) is 0.398. The van der Waals surface area contributed by atoms with Crippen molar-refractivity contribution in [1.82, 2.24) is 4.31 Å². The van der Waals surface area contributed by atoms with E-state index in [-0.39, 0.29) is 36.2 Å². The number of sulfonamides is 1. The number of nitrogens with one attached hydrogen (secondary N) is 1. The smallest absolute Gasteiger partial charge is 0.340 e. The molecule has 1 heterocycles. The number of piperidine rings is 1. The lowest BCUT2D eigenvalue weighted by atomic mass is 10.2. The summed E-state index contributed by atoms with van der Waals surface area (Å²) in [6.07, 6.45) is 2.53. The van der Waals surface area contributed by atoms with Gasteiger partial charge in [-0.15, -0.1) is 0 Å². The van der Waals surface area contributed by atoms with Crippen LogP contribution in [-0.4, -0.2) is 44.3 Å². The van der Waals surface area contributed by atoms with E-state index in [0.29, 0.717) is 13.1 Å². The van der Waals surface area contributed by atoms with E-state index >= 15 is 0 Å². The van der Waals surface area contributed by atoms with Gasteiger partial charge in [-0.05, 0) is 43.2 Å². The van der Waals surface area contributed by atoms with Crippen LogP contribution in [0.5, 0.6) is 0 Å². The molecule has 1 amide bonds. The largest absolute Gasteiger partial charge is 0.452 e. The van der Waals surface area contributed by atoms with E-state index in [2.05, 4.69) is 5.32 Å². The Morgan fingerprint density at radius 2 is 1.56 bits per heavy atom. The van der Waals surface area contributed by atoms with Gasteiger partial charge in [0.2, 0.25) is 10.0 Å². The van der Waals surface area contributed by atoms with Gasteiger partial charge >= 0.3 is 5.97 Å². The number of ether oxygens (including phenoxy) is 1. The normalized spacial score (nSPS) is 14.8. The molecule has 1 saturated heterocycles. The molecule has 7 nitrogen and oxygen atoms in total. The van der Waals surface area contributed by atoms with E-state index in [0.717, 1.165) is 25.3 Å². The van der Waals surface area contributed by atoms with Crippen molar-refractivity contribution in [2.24, 2.45) is 0 Å². The summed E-state index contributed by atoms with van der Waals surface area (Å²) < 4.78 is 32.1. The first-order valence-corrected chi connectivity index (χ1v) is 12.5. The van der Waals surface area contributed by atoms with Crippen LogP contribution < -0.4 is 5.32 Å². The molecule has 0 bridgehead atoms. The van der Waals surface area contributed by atoms with E-state index in [1.807, 2.05) is 0 Å². The molecule has 0 atom stereocenters. The number of hydrogen-bond donors (Lipinski definition) is 1. The van der Waals surface area contributed by atoms with Crippen molar-refractivity contribution in [3.63, 3.8) is 0 Å². The van der Waals surface area contributed by atoms with Crippen LogP contribution >= 0.6 is 46.4 Å². The predicted molar refractivity (Wildman–Crippen MR) is 124 cm³/mol. The first-order chi connectivity index (χ1) is 15.1. The molecule has 1 fully saturated rings. The fraction of sp³-hybridized carbons (Fsp3) is 0.300. The molecule has 12 heteroatoms. The zero-order valence-electron chi connectivity index (χ0n) is 16.5. The average molecular weight is 540 g/mol. The molecule has 2 aromatic carbocycles. The van der Waals surface area contributed by atoms with E-state index in [1.54, 1.807) is 0 Å². The van der Waals surface area contributed by atoms with Gasteiger partial charge in [0.1, 0.15) is 0 Å². The summed E-state index contributed by atoms with van der Waals surface area (Å²) in [5, 5.41) is 3.00. The highest BCUT2D eigenvalue weighted by molar-refractivity contribution is 7.89. The summed E-state index contributed by atoms with van der Waals surface area (Å²) in [4.78, 5) is 24.6. The van der Waals surface area contributed by atoms with E-state index in [9.17, 15) is 18.0 Å². The van der Waals surface area contributed by atoms with Gasteiger partial charge in [-0.1, -0.05) is 52.8 Å². The van der Waals surface area contributed by atoms with Crippen molar-refractivity contribution >= 4 is 74.0 Å². The molecule has 172 valence electrons. The van der Waals surface area contributed by atoms with Crippen LogP contribution in [0, 0.1) is 0 Å². The third-order valence-corrected chi connectivity index (χ3v) is 7.99. The van der Waals surface area contributed by atoms with Gasteiger partial charge in [0.05, 0.1) is 36.2 Å². The Labute approximate surface area is 205 Å². The van der Waals surface area contributed by atoms with E-state index in [1.165, 1.54) is 28.6 Å². The number of esters is 1. The Bertz CT molecular complexity index is 1150. The Balaban J connectivity index is 1.69. The molecular formula is C20H18Cl4N2O5S. The molecule has 0 unspecified atom stereocenters. The van der Waals surface area contributed by atoms with Gasteiger partial charge in [0.15, 0.2) is 6.61 Å². The summed E-state index contributed by atoms with van der Waals surface area (Å²) in [7, 11) is -3.77. The van der Waals surface area contributed by atoms with Crippen LogP contribution in [0.2, 0.25) is 20.1 Å². The van der Waals surface area contributed by atoms with Gasteiger partial charge in [0, 0.05) is 13.1 Å². The number of amides is 1. The monoisotopic (exact) mass is 538 g/mol. The minimum atomic E-state index is -3.77. The first-order valence-electron chi connectivity index (χ1n) is 9.51. The Hall–Kier alpha value is -1.55. The highest BCUT2D eigenvalue weighted by atomic mass is 35.5. The third kappa shape index (κ3) is 5.87. The van der Waals surface area contributed by atoms with Gasteiger partial charge in [-0.3, -0.25) is 4.79 Å². The summed E-state index contributed by atoms with van der Waals surface area (Å²) in [6.45, 7) is 0.180. The van der Waals surface area contributed by atoms with Gasteiger partial charge < -0.3 is 10.1 Å². The number of rotatable bonds is 6. The highest BCUT2D eigenvalue weighted by Crippen LogP contribution is 2.32. The van der Waals surface area contributed by atoms with E-state index in [4.69, 9.17) is 51.1 Å². The Kier molecular flexibility index (Phi) is 8.30. The van der Waals surface area contributed by atoms with Crippen molar-refractivity contribution in [3.05, 3.63) is 56.0 Å². The van der Waals surface area contributed by atoms with Gasteiger partial charge in [-0.2, -0.15) is 4.31 Å². The minimum Gasteiger partial charge on any atom is -0.452 e. The summed E-state index contributed by atoms with van der Waals surface area (Å²) in [6, 6.07) is 6.52. The highest BCUT2D eigenvalue weighted by Gasteiger charge is 2.27. The topological polar surface area (TPSA) is 92.8 Å². The SMILES string of the molecule is O=C(COC(=O)c1cc(S(=O)(=O)N2CCCCC2)ccc1Cl)Nc1cc(Cl)c(Cl)cc1Cl. The lowest BCUT2D eigenvalue weighted by Gasteiger charge is -2.26. The maximum absolute atomic E-state index is 12.9. The number of benzene rings is 2. The molecule has 3 rings (SSSR count). The van der Waals surface area contributed by atoms with Crippen LogP contribution in [0.1, 0.15) is 29.6 Å². The van der Waals surface area contributed by atoms with Crippen LogP contribution in [0.15, 0.2) is 35.2 Å². The molecule has 1 aliphatic rings. The summed E-state index contributed by atoms with van der Waals surface area (Å²) >= 11 is 23.8. The number of carbonyl (C=O) groups is 2. The summed E-state index contributed by atoms with van der Waals surface area (Å²) in [5.41, 5.74) is 0.0277. The lowest BCUT2D eigenvalue weighted by molar-refractivity contribution is -0.119. The van der Waals surface area contributed by atoms with Crippen LogP contribution in [-0.2, 0) is 19.6 Å². The number of anilines is 1. The zero-order valence-corrected chi connectivity index (χ0v) is 20.4. The van der Waals surface area contributed by atoms with Crippen LogP contribution in [0.4, 0.5) is 5.69 Å². The Morgan fingerprint density at radius 1 is 0.906 bits per heavy atom. The molecule has 1 aliphatic heterocycles. The molecule has 0 spiro atoms. The maximum Gasteiger partial charge on any atom is 0.340 e. The molecule has 32 heavy (non-hydrogen) atoms. The van der Waals surface area contributed by atoms with Crippen molar-refractivity contribution in [1.29, 1.82) is 0 Å². The van der Waals surface area contributed by atoms with Crippen molar-refractivity contribution in [3.8, 4) is 0 Å². The van der Waals surface area contributed by atoms with Crippen molar-refractivity contribution in [2.75, 3.05) is 25.0 Å². The molecule has 0 aliphatic carbocycles. The number of hydrogen-bond acceptors (Lipinski definition) is 5. The lowest BCUT2D eigenvalue weighted by Crippen LogP contribution is -2.35. The standard InChI is InChI=1S/C20H18Cl4N2O5S/c21-14-5-4-12(32(29,30)26-6-2-1-3-7-26)8-13(14)20(28)31-11-19(27)25-18-10-16(23)15(22)9-17(18)24/h4-5,8-10H,1-3,6-7,11H2,(H,25,27). The minimum absolute atomic E-state index is 0.000491. The average Bonchev–Trinajstić information content (AvgIpc) is 2.76. The molecule has 1 N–H and O–H groups in total. The molecular weight excluding hydrogens is 522 g/mol. The Morgan fingerprint density at radius 3 is 2.25 bits per heavy atom. The second kappa shape index (κ2) is 10.6. The van der Waals surface area contributed by atoms with Crippen molar-refractivity contribution < 1.29 is 22.7 Å². The summed E-state index contributed by atoms with van der Waals surface area (Å²) in [5.74, 6) is -1.63. The number of nitrogens with zero attached hydrogens (tertiary/aromatic N) is 1. The number of halogens is 4.